The maximum atomic E-state index is 5.80. The molecule has 7 nitrogen and oxygen atoms in total. The van der Waals surface area contributed by atoms with E-state index in [1.807, 2.05) is 27.7 Å². The second-order valence-corrected chi connectivity index (χ2v) is 9.76. The lowest BCUT2D eigenvalue weighted by Gasteiger charge is -2.39. The molecule has 1 aliphatic heterocycles. The predicted molar refractivity (Wildman–Crippen MR) is 69.8 cm³/mol. The van der Waals surface area contributed by atoms with Gasteiger partial charge >= 0.3 is 18.1 Å². The van der Waals surface area contributed by atoms with Crippen molar-refractivity contribution in [3.05, 3.63) is 0 Å². The van der Waals surface area contributed by atoms with E-state index < -0.39 is 28.1 Å². The Bertz CT molecular complexity index is 198. The summed E-state index contributed by atoms with van der Waals surface area (Å²) < 4.78 is 39.2. The fourth-order valence-electron chi connectivity index (χ4n) is 1.46. The van der Waals surface area contributed by atoms with Crippen LogP contribution in [0.3, 0.4) is 0 Å². The van der Waals surface area contributed by atoms with Crippen molar-refractivity contribution < 1.29 is 30.0 Å². The topological polar surface area (TPSA) is 64.6 Å². The molecule has 108 valence electrons. The highest BCUT2D eigenvalue weighted by Crippen LogP contribution is 2.25. The number of hydrogen-bond acceptors (Lipinski definition) is 7. The summed E-state index contributed by atoms with van der Waals surface area (Å²) >= 11 is 0. The van der Waals surface area contributed by atoms with Gasteiger partial charge in [0.25, 0.3) is 10.0 Å². The Balaban J connectivity index is 2.81. The van der Waals surface area contributed by atoms with Crippen LogP contribution < -0.4 is 0 Å². The molecule has 0 unspecified atom stereocenters. The van der Waals surface area contributed by atoms with E-state index in [1.54, 1.807) is 0 Å². The van der Waals surface area contributed by atoms with Gasteiger partial charge in [-0.15, -0.1) is 0 Å². The molecule has 0 bridgehead atoms. The van der Waals surface area contributed by atoms with Gasteiger partial charge in [-0.1, -0.05) is 0 Å². The van der Waals surface area contributed by atoms with Crippen LogP contribution in [0, 0.1) is 0 Å². The zero-order chi connectivity index (χ0) is 13.5. The van der Waals surface area contributed by atoms with Crippen molar-refractivity contribution in [3.8, 4) is 0 Å². The molecule has 0 saturated carbocycles. The lowest BCUT2D eigenvalue weighted by atomic mass is 10.9. The van der Waals surface area contributed by atoms with Gasteiger partial charge in [0.1, 0.15) is 0 Å². The summed E-state index contributed by atoms with van der Waals surface area (Å²) in [4.78, 5) is 0. The molecule has 1 saturated heterocycles. The van der Waals surface area contributed by atoms with E-state index in [0.717, 1.165) is 0 Å². The highest BCUT2D eigenvalue weighted by atomic mass is 28.5. The molecule has 0 N–H and O–H groups in total. The quantitative estimate of drug-likeness (QED) is 0.587. The van der Waals surface area contributed by atoms with E-state index in [9.17, 15) is 0 Å². The Morgan fingerprint density at radius 1 is 0.722 bits per heavy atom. The van der Waals surface area contributed by atoms with Crippen molar-refractivity contribution in [1.82, 2.24) is 0 Å². The first-order valence-corrected chi connectivity index (χ1v) is 10.6. The van der Waals surface area contributed by atoms with E-state index >= 15 is 0 Å². The monoisotopic (exact) mass is 314 g/mol. The van der Waals surface area contributed by atoms with Crippen LogP contribution in [-0.4, -0.2) is 54.5 Å². The standard InChI is InChI=1S/C8H22O7Si3/c1-5-9-17(10-6-2)13-16-14-18(15-17,11-7-3)12-8-4/h5-8,16H2,1-4H3. The fourth-order valence-corrected chi connectivity index (χ4v) is 10.00. The van der Waals surface area contributed by atoms with Crippen LogP contribution in [0.2, 0.25) is 0 Å². The zero-order valence-electron chi connectivity index (χ0n) is 11.4. The third kappa shape index (κ3) is 4.19. The molecule has 1 fully saturated rings. The van der Waals surface area contributed by atoms with Crippen molar-refractivity contribution in [2.24, 2.45) is 0 Å². The summed E-state index contributed by atoms with van der Waals surface area (Å²) in [5, 5.41) is 0. The van der Waals surface area contributed by atoms with Crippen LogP contribution in [0.25, 0.3) is 0 Å². The molecule has 1 heterocycles. The van der Waals surface area contributed by atoms with Gasteiger partial charge in [0.2, 0.25) is 0 Å². The maximum absolute atomic E-state index is 5.80. The average Bonchev–Trinajstić information content (AvgIpc) is 2.30. The van der Waals surface area contributed by atoms with Crippen LogP contribution in [-0.2, 0) is 30.0 Å². The Kier molecular flexibility index (Phi) is 7.15. The fraction of sp³-hybridized carbons (Fsp3) is 1.00. The van der Waals surface area contributed by atoms with Crippen LogP contribution >= 0.6 is 0 Å². The van der Waals surface area contributed by atoms with E-state index in [-0.39, 0.29) is 0 Å². The SMILES string of the molecule is CCO[Si]1(OCC)O[SiH2]O[Si](OCC)(OCC)O1. The molecule has 10 heteroatoms. The van der Waals surface area contributed by atoms with Gasteiger partial charge in [-0.3, -0.25) is 0 Å². The first kappa shape index (κ1) is 16.4. The third-order valence-corrected chi connectivity index (χ3v) is 10.3. The van der Waals surface area contributed by atoms with Crippen LogP contribution in [0.1, 0.15) is 27.7 Å². The second-order valence-electron chi connectivity index (χ2n) is 3.24. The van der Waals surface area contributed by atoms with Crippen molar-refractivity contribution in [1.29, 1.82) is 0 Å². The summed E-state index contributed by atoms with van der Waals surface area (Å²) in [7, 11) is -7.57. The summed E-state index contributed by atoms with van der Waals surface area (Å²) in [6.07, 6.45) is 0. The van der Waals surface area contributed by atoms with Crippen molar-refractivity contribution in [3.63, 3.8) is 0 Å². The first-order valence-electron chi connectivity index (χ1n) is 6.19. The third-order valence-electron chi connectivity index (χ3n) is 2.01. The van der Waals surface area contributed by atoms with E-state index in [2.05, 4.69) is 0 Å². The van der Waals surface area contributed by atoms with Crippen LogP contribution in [0.15, 0.2) is 0 Å². The molecule has 0 aromatic heterocycles. The normalized spacial score (nSPS) is 22.0. The van der Waals surface area contributed by atoms with Crippen LogP contribution in [0.4, 0.5) is 0 Å². The molecule has 0 aromatic carbocycles. The Morgan fingerprint density at radius 2 is 1.06 bits per heavy atom. The number of hydrogen-bond donors (Lipinski definition) is 0. The number of rotatable bonds is 8. The zero-order valence-corrected chi connectivity index (χ0v) is 14.8. The van der Waals surface area contributed by atoms with Gasteiger partial charge in [0, 0.05) is 26.4 Å². The van der Waals surface area contributed by atoms with Gasteiger partial charge in [0.15, 0.2) is 0 Å². The lowest BCUT2D eigenvalue weighted by Crippen LogP contribution is -2.67. The Morgan fingerprint density at radius 3 is 1.33 bits per heavy atom. The minimum absolute atomic E-state index is 0.448. The Hall–Kier alpha value is 0.371. The predicted octanol–water partition coefficient (Wildman–Crippen LogP) is 0.0658. The molecular weight excluding hydrogens is 292 g/mol. The van der Waals surface area contributed by atoms with Crippen molar-refractivity contribution >= 4 is 28.1 Å². The van der Waals surface area contributed by atoms with E-state index in [4.69, 9.17) is 30.0 Å². The molecule has 0 radical (unpaired) electrons. The highest BCUT2D eigenvalue weighted by Gasteiger charge is 2.62. The first-order chi connectivity index (χ1) is 8.66. The van der Waals surface area contributed by atoms with Gasteiger partial charge in [-0.25, -0.2) is 0 Å². The minimum Gasteiger partial charge on any atom is -0.376 e. The molecule has 0 amide bonds. The van der Waals surface area contributed by atoms with E-state index in [0.29, 0.717) is 26.4 Å². The lowest BCUT2D eigenvalue weighted by molar-refractivity contribution is -0.0471. The molecule has 0 aromatic rings. The summed E-state index contributed by atoms with van der Waals surface area (Å²) in [6.45, 7) is 9.24. The minimum atomic E-state index is -3.14. The Labute approximate surface area is 113 Å². The molecule has 1 aliphatic rings. The second kappa shape index (κ2) is 7.84. The largest absolute Gasteiger partial charge is 0.664 e. The summed E-state index contributed by atoms with van der Waals surface area (Å²) in [5.74, 6) is 0. The van der Waals surface area contributed by atoms with E-state index in [1.165, 1.54) is 0 Å². The highest BCUT2D eigenvalue weighted by molar-refractivity contribution is 6.76. The smallest absolute Gasteiger partial charge is 0.376 e. The molecule has 1 rings (SSSR count). The molecule has 0 aliphatic carbocycles. The van der Waals surface area contributed by atoms with Gasteiger partial charge < -0.3 is 30.0 Å². The van der Waals surface area contributed by atoms with Crippen molar-refractivity contribution in [2.45, 2.75) is 27.7 Å². The van der Waals surface area contributed by atoms with Gasteiger partial charge in [-0.05, 0) is 27.7 Å². The molecule has 18 heavy (non-hydrogen) atoms. The molecule has 0 spiro atoms. The summed E-state index contributed by atoms with van der Waals surface area (Å²) in [5.41, 5.74) is 0. The molecular formula is C8H22O7Si3. The molecule has 0 atom stereocenters. The average molecular weight is 315 g/mol. The summed E-state index contributed by atoms with van der Waals surface area (Å²) in [6, 6.07) is 0. The van der Waals surface area contributed by atoms with Gasteiger partial charge in [0.05, 0.1) is 0 Å². The van der Waals surface area contributed by atoms with Gasteiger partial charge in [-0.2, -0.15) is 0 Å². The van der Waals surface area contributed by atoms with Crippen LogP contribution in [0.5, 0.6) is 0 Å². The van der Waals surface area contributed by atoms with Crippen molar-refractivity contribution in [2.75, 3.05) is 26.4 Å². The maximum Gasteiger partial charge on any atom is 0.664 e.